The highest BCUT2D eigenvalue weighted by Gasteiger charge is 2.16. The van der Waals surface area contributed by atoms with E-state index in [1.54, 1.807) is 12.1 Å². The van der Waals surface area contributed by atoms with Gasteiger partial charge in [0.05, 0.1) is 10.6 Å². The molecule has 2 N–H and O–H groups in total. The molecule has 1 aromatic heterocycles. The number of amides is 2. The van der Waals surface area contributed by atoms with Gasteiger partial charge in [0.15, 0.2) is 0 Å². The Morgan fingerprint density at radius 3 is 2.45 bits per heavy atom. The van der Waals surface area contributed by atoms with E-state index >= 15 is 0 Å². The zero-order valence-corrected chi connectivity index (χ0v) is 10.8. The minimum Gasteiger partial charge on any atom is -0.267 e. The summed E-state index contributed by atoms with van der Waals surface area (Å²) in [5.41, 5.74) is 3.98. The number of aromatic nitrogens is 1. The molecule has 2 amide bonds. The van der Waals surface area contributed by atoms with Gasteiger partial charge >= 0.3 is 0 Å². The van der Waals surface area contributed by atoms with Gasteiger partial charge in [0.25, 0.3) is 11.8 Å². The monoisotopic (exact) mass is 293 g/mol. The number of pyridine rings is 1. The summed E-state index contributed by atoms with van der Waals surface area (Å²) in [4.78, 5) is 27.2. The molecule has 1 aromatic carbocycles. The first-order chi connectivity index (χ1) is 9.59. The third-order valence-corrected chi connectivity index (χ3v) is 2.69. The van der Waals surface area contributed by atoms with Gasteiger partial charge in [-0.15, -0.1) is 0 Å². The van der Waals surface area contributed by atoms with Gasteiger partial charge < -0.3 is 0 Å². The molecule has 20 heavy (non-hydrogen) atoms. The molecule has 0 aliphatic rings. The van der Waals surface area contributed by atoms with Gasteiger partial charge in [-0.25, -0.2) is 4.39 Å². The molecule has 0 bridgehead atoms. The Bertz CT molecular complexity index is 629. The van der Waals surface area contributed by atoms with Crippen LogP contribution in [0.15, 0.2) is 42.6 Å². The van der Waals surface area contributed by atoms with Gasteiger partial charge in [0.1, 0.15) is 11.5 Å². The minimum absolute atomic E-state index is 0.0467. The van der Waals surface area contributed by atoms with E-state index in [0.29, 0.717) is 0 Å². The fourth-order valence-corrected chi connectivity index (χ4v) is 1.70. The van der Waals surface area contributed by atoms with Gasteiger partial charge in [-0.05, 0) is 24.3 Å². The molecular weight excluding hydrogens is 285 g/mol. The van der Waals surface area contributed by atoms with Crippen molar-refractivity contribution in [1.29, 1.82) is 0 Å². The van der Waals surface area contributed by atoms with Crippen molar-refractivity contribution in [2.45, 2.75) is 0 Å². The van der Waals surface area contributed by atoms with Gasteiger partial charge in [0, 0.05) is 6.20 Å². The fraction of sp³-hybridized carbons (Fsp3) is 0. The summed E-state index contributed by atoms with van der Waals surface area (Å²) in [7, 11) is 0. The molecule has 2 rings (SSSR count). The van der Waals surface area contributed by atoms with Crippen molar-refractivity contribution in [2.75, 3.05) is 0 Å². The first kappa shape index (κ1) is 14.0. The van der Waals surface area contributed by atoms with Crippen molar-refractivity contribution in [1.82, 2.24) is 15.8 Å². The highest BCUT2D eigenvalue weighted by molar-refractivity contribution is 6.33. The zero-order valence-electron chi connectivity index (χ0n) is 10.1. The van der Waals surface area contributed by atoms with Crippen LogP contribution in [0.5, 0.6) is 0 Å². The maximum atomic E-state index is 13.5. The van der Waals surface area contributed by atoms with Crippen LogP contribution in [-0.4, -0.2) is 16.8 Å². The van der Waals surface area contributed by atoms with E-state index < -0.39 is 17.6 Å². The molecule has 0 saturated carbocycles. The van der Waals surface area contributed by atoms with Crippen LogP contribution in [-0.2, 0) is 0 Å². The van der Waals surface area contributed by atoms with Crippen LogP contribution in [0.25, 0.3) is 0 Å². The average Bonchev–Trinajstić information content (AvgIpc) is 2.45. The molecule has 0 aliphatic carbocycles. The maximum Gasteiger partial charge on any atom is 0.288 e. The summed E-state index contributed by atoms with van der Waals surface area (Å²) in [6.45, 7) is 0. The zero-order chi connectivity index (χ0) is 14.5. The summed E-state index contributed by atoms with van der Waals surface area (Å²) < 4.78 is 13.5. The first-order valence-electron chi connectivity index (χ1n) is 5.55. The molecule has 0 fully saturated rings. The SMILES string of the molecule is O=C(NNC(=O)c1c(F)cccc1Cl)c1ccccn1. The average molecular weight is 294 g/mol. The summed E-state index contributed by atoms with van der Waals surface area (Å²) in [6, 6.07) is 8.59. The van der Waals surface area contributed by atoms with Crippen molar-refractivity contribution in [2.24, 2.45) is 0 Å². The number of carbonyl (C=O) groups is 2. The van der Waals surface area contributed by atoms with E-state index in [4.69, 9.17) is 11.6 Å². The van der Waals surface area contributed by atoms with Gasteiger partial charge in [-0.2, -0.15) is 0 Å². The number of hydrogen-bond donors (Lipinski definition) is 2. The van der Waals surface area contributed by atoms with Crippen LogP contribution in [0.4, 0.5) is 4.39 Å². The molecule has 5 nitrogen and oxygen atoms in total. The van der Waals surface area contributed by atoms with Crippen molar-refractivity contribution in [3.63, 3.8) is 0 Å². The number of nitrogens with zero attached hydrogens (tertiary/aromatic N) is 1. The number of halogens is 2. The molecule has 0 unspecified atom stereocenters. The van der Waals surface area contributed by atoms with E-state index in [2.05, 4.69) is 15.8 Å². The predicted octanol–water partition coefficient (Wildman–Crippen LogP) is 1.95. The molecule has 0 atom stereocenters. The molecule has 102 valence electrons. The number of benzene rings is 1. The van der Waals surface area contributed by atoms with Gasteiger partial charge in [-0.1, -0.05) is 23.7 Å². The molecule has 1 heterocycles. The van der Waals surface area contributed by atoms with Crippen molar-refractivity contribution < 1.29 is 14.0 Å². The van der Waals surface area contributed by atoms with Crippen molar-refractivity contribution in [3.8, 4) is 0 Å². The first-order valence-corrected chi connectivity index (χ1v) is 5.93. The Morgan fingerprint density at radius 1 is 1.05 bits per heavy atom. The van der Waals surface area contributed by atoms with E-state index in [1.165, 1.54) is 24.4 Å². The lowest BCUT2D eigenvalue weighted by Crippen LogP contribution is -2.42. The van der Waals surface area contributed by atoms with E-state index in [9.17, 15) is 14.0 Å². The summed E-state index contributed by atoms with van der Waals surface area (Å²) in [5.74, 6) is -2.24. The Morgan fingerprint density at radius 2 is 1.80 bits per heavy atom. The third-order valence-electron chi connectivity index (χ3n) is 2.38. The lowest BCUT2D eigenvalue weighted by Gasteiger charge is -2.08. The molecule has 0 spiro atoms. The van der Waals surface area contributed by atoms with Gasteiger partial charge in [0.2, 0.25) is 0 Å². The van der Waals surface area contributed by atoms with Crippen LogP contribution < -0.4 is 10.9 Å². The second-order valence-electron chi connectivity index (χ2n) is 3.72. The number of carbonyl (C=O) groups excluding carboxylic acids is 2. The number of rotatable bonds is 2. The Kier molecular flexibility index (Phi) is 4.27. The Hall–Kier alpha value is -2.47. The molecule has 0 aliphatic heterocycles. The second-order valence-corrected chi connectivity index (χ2v) is 4.13. The van der Waals surface area contributed by atoms with E-state index in [1.807, 2.05) is 0 Å². The summed E-state index contributed by atoms with van der Waals surface area (Å²) in [5, 5.41) is -0.0467. The van der Waals surface area contributed by atoms with Crippen molar-refractivity contribution >= 4 is 23.4 Å². The standard InChI is InChI=1S/C13H9ClFN3O2/c14-8-4-3-5-9(15)11(8)13(20)18-17-12(19)10-6-1-2-7-16-10/h1-7H,(H,17,19)(H,18,20). The normalized spacial score (nSPS) is 9.90. The fourth-order valence-electron chi connectivity index (χ4n) is 1.45. The summed E-state index contributed by atoms with van der Waals surface area (Å²) in [6.07, 6.45) is 1.43. The highest BCUT2D eigenvalue weighted by atomic mass is 35.5. The molecule has 0 radical (unpaired) electrons. The Balaban J connectivity index is 2.05. The maximum absolute atomic E-state index is 13.5. The lowest BCUT2D eigenvalue weighted by molar-refractivity contribution is 0.0841. The smallest absolute Gasteiger partial charge is 0.267 e. The topological polar surface area (TPSA) is 71.1 Å². The number of hydrogen-bond acceptors (Lipinski definition) is 3. The highest BCUT2D eigenvalue weighted by Crippen LogP contribution is 2.18. The lowest BCUT2D eigenvalue weighted by atomic mass is 10.2. The molecular formula is C13H9ClFN3O2. The van der Waals surface area contributed by atoms with Crippen molar-refractivity contribution in [3.05, 3.63) is 64.7 Å². The molecule has 0 saturated heterocycles. The number of hydrazine groups is 1. The largest absolute Gasteiger partial charge is 0.288 e. The number of nitrogens with one attached hydrogen (secondary N) is 2. The van der Waals surface area contributed by atoms with Crippen LogP contribution in [0.3, 0.4) is 0 Å². The van der Waals surface area contributed by atoms with Gasteiger partial charge in [-0.3, -0.25) is 25.4 Å². The van der Waals surface area contributed by atoms with Crippen LogP contribution in [0, 0.1) is 5.82 Å². The van der Waals surface area contributed by atoms with E-state index in [0.717, 1.165) is 6.07 Å². The van der Waals surface area contributed by atoms with Crippen LogP contribution in [0.1, 0.15) is 20.8 Å². The van der Waals surface area contributed by atoms with Crippen LogP contribution >= 0.6 is 11.6 Å². The Labute approximate surface area is 118 Å². The molecule has 7 heteroatoms. The quantitative estimate of drug-likeness (QED) is 0.831. The minimum atomic E-state index is -0.850. The van der Waals surface area contributed by atoms with Crippen LogP contribution in [0.2, 0.25) is 5.02 Å². The molecule has 2 aromatic rings. The second kappa shape index (κ2) is 6.12. The predicted molar refractivity (Wildman–Crippen MR) is 70.6 cm³/mol. The third kappa shape index (κ3) is 3.10. The summed E-state index contributed by atoms with van der Waals surface area (Å²) >= 11 is 5.73. The van der Waals surface area contributed by atoms with E-state index in [-0.39, 0.29) is 16.3 Å².